The van der Waals surface area contributed by atoms with Crippen molar-refractivity contribution in [3.05, 3.63) is 120 Å². The summed E-state index contributed by atoms with van der Waals surface area (Å²) < 4.78 is 0. The van der Waals surface area contributed by atoms with E-state index in [1.165, 1.54) is 27.5 Å². The average Bonchev–Trinajstić information content (AvgIpc) is 3.10. The van der Waals surface area contributed by atoms with Gasteiger partial charge in [0.05, 0.1) is 0 Å². The number of hydrogen-bond acceptors (Lipinski definition) is 3. The summed E-state index contributed by atoms with van der Waals surface area (Å²) in [6.45, 7) is 0.763. The van der Waals surface area contributed by atoms with E-state index in [0.29, 0.717) is 5.92 Å². The van der Waals surface area contributed by atoms with Crippen molar-refractivity contribution in [2.24, 2.45) is 22.6 Å². The van der Waals surface area contributed by atoms with E-state index >= 15 is 0 Å². The molecule has 2 N–H and O–H groups in total. The summed E-state index contributed by atoms with van der Waals surface area (Å²) in [7, 11) is 0. The second kappa shape index (κ2) is 8.92. The number of hydrogen-bond donors (Lipinski definition) is 1. The zero-order chi connectivity index (χ0) is 25.7. The first kappa shape index (κ1) is 23.4. The predicted molar refractivity (Wildman–Crippen MR) is 153 cm³/mol. The smallest absolute Gasteiger partial charge is 0.247 e. The molecule has 2 fully saturated rings. The molecule has 1 amide bonds. The third-order valence-electron chi connectivity index (χ3n) is 9.52. The van der Waals surface area contributed by atoms with Crippen LogP contribution in [-0.2, 0) is 24.2 Å². The minimum Gasteiger partial charge on any atom is -0.367 e. The number of fused-ring (bicyclic) bond motifs is 1. The highest BCUT2D eigenvalue weighted by atomic mass is 16.1. The minimum absolute atomic E-state index is 0.0138. The molecule has 0 aromatic heterocycles. The van der Waals surface area contributed by atoms with Gasteiger partial charge in [0.15, 0.2) is 5.54 Å². The molecule has 4 aromatic rings. The van der Waals surface area contributed by atoms with Crippen molar-refractivity contribution in [1.29, 1.82) is 0 Å². The fraction of sp³-hybridized carbons (Fsp3) is 0.294. The molecule has 4 bridgehead atoms. The van der Waals surface area contributed by atoms with E-state index in [2.05, 4.69) is 108 Å². The quantitative estimate of drug-likeness (QED) is 0.361. The van der Waals surface area contributed by atoms with E-state index in [4.69, 9.17) is 10.7 Å². The Kier molecular flexibility index (Phi) is 5.48. The largest absolute Gasteiger partial charge is 0.367 e. The molecule has 4 heteroatoms. The molecule has 8 rings (SSSR count). The Hall–Kier alpha value is -3.76. The highest BCUT2D eigenvalue weighted by Gasteiger charge is 2.72. The summed E-state index contributed by atoms with van der Waals surface area (Å²) in [6.07, 6.45) is 5.63. The average molecular weight is 500 g/mol. The molecular formula is C34H33N3O. The molecular weight excluding hydrogens is 466 g/mol. The van der Waals surface area contributed by atoms with Gasteiger partial charge in [0.1, 0.15) is 0 Å². The maximum atomic E-state index is 13.5. The van der Waals surface area contributed by atoms with Gasteiger partial charge in [-0.05, 0) is 59.1 Å². The molecule has 1 saturated heterocycles. The standard InChI is InChI=1S/C34H33N3O/c35-32(38)34-30-18-26(22-36-34)19-31(34)37(23-28-16-9-15-27-14-7-8-17-29(27)28)33(30,20-24-10-3-1-4-11-24)21-25-12-5-2-6-13-25/h1-17,22,26,30-31H,18-21,23H2,(H2,35,38). The van der Waals surface area contributed by atoms with Crippen molar-refractivity contribution < 1.29 is 4.79 Å². The second-order valence-electron chi connectivity index (χ2n) is 11.5. The van der Waals surface area contributed by atoms with Crippen LogP contribution in [0.4, 0.5) is 0 Å². The first-order valence-corrected chi connectivity index (χ1v) is 13.8. The molecule has 1 aliphatic carbocycles. The molecule has 38 heavy (non-hydrogen) atoms. The Morgan fingerprint density at radius 3 is 2.13 bits per heavy atom. The van der Waals surface area contributed by atoms with Crippen LogP contribution in [0.5, 0.6) is 0 Å². The number of nitrogens with two attached hydrogens (primary N) is 1. The van der Waals surface area contributed by atoms with Gasteiger partial charge >= 0.3 is 0 Å². The van der Waals surface area contributed by atoms with Crippen LogP contribution in [-0.4, -0.2) is 34.1 Å². The number of nitrogens with zero attached hydrogens (tertiary/aromatic N) is 2. The van der Waals surface area contributed by atoms with Gasteiger partial charge in [-0.25, -0.2) is 0 Å². The Morgan fingerprint density at radius 2 is 1.45 bits per heavy atom. The van der Waals surface area contributed by atoms with E-state index in [1.807, 2.05) is 6.21 Å². The molecule has 1 saturated carbocycles. The van der Waals surface area contributed by atoms with Gasteiger partial charge in [0.25, 0.3) is 0 Å². The summed E-state index contributed by atoms with van der Waals surface area (Å²) in [6, 6.07) is 36.7. The number of primary amides is 1. The number of rotatable bonds is 7. The lowest BCUT2D eigenvalue weighted by atomic mass is 9.60. The van der Waals surface area contributed by atoms with E-state index in [9.17, 15) is 4.79 Å². The van der Waals surface area contributed by atoms with Crippen molar-refractivity contribution >= 4 is 22.9 Å². The van der Waals surface area contributed by atoms with Crippen LogP contribution in [0.1, 0.15) is 29.5 Å². The Balaban J connectivity index is 1.44. The summed E-state index contributed by atoms with van der Waals surface area (Å²) in [5.41, 5.74) is 9.02. The minimum atomic E-state index is -0.886. The van der Waals surface area contributed by atoms with Crippen LogP contribution in [0.3, 0.4) is 0 Å². The number of carbonyl (C=O) groups excluding carboxylic acids is 1. The molecule has 0 radical (unpaired) electrons. The van der Waals surface area contributed by atoms with E-state index in [1.54, 1.807) is 0 Å². The third kappa shape index (κ3) is 3.47. The van der Waals surface area contributed by atoms with Crippen molar-refractivity contribution in [2.45, 2.75) is 49.3 Å². The third-order valence-corrected chi connectivity index (χ3v) is 9.52. The topological polar surface area (TPSA) is 58.7 Å². The zero-order valence-electron chi connectivity index (χ0n) is 21.5. The summed E-state index contributed by atoms with van der Waals surface area (Å²) in [5.74, 6) is 0.166. The SMILES string of the molecule is NC(=O)C12N=CC3CC1N(Cc1cccc4ccccc14)C(Cc1ccccc1)(Cc1ccccc1)C2C3. The monoisotopic (exact) mass is 499 g/mol. The number of amides is 1. The van der Waals surface area contributed by atoms with Gasteiger partial charge in [-0.15, -0.1) is 0 Å². The van der Waals surface area contributed by atoms with Gasteiger partial charge in [-0.2, -0.15) is 0 Å². The number of carbonyl (C=O) groups is 1. The molecule has 4 aliphatic rings. The van der Waals surface area contributed by atoms with Crippen molar-refractivity contribution in [3.8, 4) is 0 Å². The van der Waals surface area contributed by atoms with Crippen LogP contribution in [0.2, 0.25) is 0 Å². The second-order valence-corrected chi connectivity index (χ2v) is 11.5. The Bertz CT molecular complexity index is 1470. The van der Waals surface area contributed by atoms with Crippen LogP contribution in [0.15, 0.2) is 108 Å². The molecule has 4 unspecified atom stereocenters. The van der Waals surface area contributed by atoms with Crippen molar-refractivity contribution in [1.82, 2.24) is 4.90 Å². The van der Waals surface area contributed by atoms with Crippen LogP contribution < -0.4 is 5.73 Å². The van der Waals surface area contributed by atoms with Gasteiger partial charge in [-0.1, -0.05) is 103 Å². The number of aliphatic imine (C=N–C) groups is 1. The zero-order valence-corrected chi connectivity index (χ0v) is 21.5. The van der Waals surface area contributed by atoms with Crippen LogP contribution in [0.25, 0.3) is 10.8 Å². The Labute approximate surface area is 224 Å². The summed E-state index contributed by atoms with van der Waals surface area (Å²) >= 11 is 0. The highest BCUT2D eigenvalue weighted by Crippen LogP contribution is 2.60. The number of benzene rings is 4. The molecule has 4 aromatic carbocycles. The van der Waals surface area contributed by atoms with E-state index in [-0.39, 0.29) is 23.4 Å². The Morgan fingerprint density at radius 1 is 0.816 bits per heavy atom. The lowest BCUT2D eigenvalue weighted by Crippen LogP contribution is -2.61. The van der Waals surface area contributed by atoms with Gasteiger partial charge < -0.3 is 5.73 Å². The maximum absolute atomic E-state index is 13.5. The lowest BCUT2D eigenvalue weighted by molar-refractivity contribution is -0.127. The molecule has 4 nitrogen and oxygen atoms in total. The molecule has 3 aliphatic heterocycles. The molecule has 0 spiro atoms. The van der Waals surface area contributed by atoms with E-state index in [0.717, 1.165) is 32.2 Å². The fourth-order valence-electron chi connectivity index (χ4n) is 8.00. The van der Waals surface area contributed by atoms with Crippen molar-refractivity contribution in [3.63, 3.8) is 0 Å². The highest BCUT2D eigenvalue weighted by molar-refractivity contribution is 5.91. The first-order chi connectivity index (χ1) is 18.6. The normalized spacial score (nSPS) is 27.1. The summed E-state index contributed by atoms with van der Waals surface area (Å²) in [4.78, 5) is 21.2. The predicted octanol–water partition coefficient (Wildman–Crippen LogP) is 5.58. The summed E-state index contributed by atoms with van der Waals surface area (Å²) in [5, 5.41) is 2.51. The lowest BCUT2D eigenvalue weighted by Gasteiger charge is -2.46. The molecule has 3 heterocycles. The van der Waals surface area contributed by atoms with Gasteiger partial charge in [0.2, 0.25) is 5.91 Å². The molecule has 190 valence electrons. The molecule has 4 atom stereocenters. The maximum Gasteiger partial charge on any atom is 0.247 e. The van der Waals surface area contributed by atoms with E-state index < -0.39 is 5.54 Å². The first-order valence-electron chi connectivity index (χ1n) is 13.8. The van der Waals surface area contributed by atoms with Crippen molar-refractivity contribution in [2.75, 3.05) is 0 Å². The van der Waals surface area contributed by atoms with Gasteiger partial charge in [-0.3, -0.25) is 14.7 Å². The van der Waals surface area contributed by atoms with Crippen LogP contribution in [0, 0.1) is 11.8 Å². The fourth-order valence-corrected chi connectivity index (χ4v) is 8.00. The number of likely N-dealkylation sites (tertiary alicyclic amines) is 1. The van der Waals surface area contributed by atoms with Crippen LogP contribution >= 0.6 is 0 Å². The van der Waals surface area contributed by atoms with Gasteiger partial charge in [0, 0.05) is 30.3 Å².